The summed E-state index contributed by atoms with van der Waals surface area (Å²) in [6, 6.07) is 18.3. The maximum absolute atomic E-state index is 12.8. The van der Waals surface area contributed by atoms with Crippen LogP contribution in [-0.2, 0) is 10.0 Å². The molecule has 11 nitrogen and oxygen atoms in total. The minimum Gasteiger partial charge on any atom is -0.504 e. The van der Waals surface area contributed by atoms with E-state index in [4.69, 9.17) is 14.5 Å². The number of aromatic hydroxyl groups is 3. The van der Waals surface area contributed by atoms with Crippen LogP contribution in [-0.4, -0.2) is 59.2 Å². The van der Waals surface area contributed by atoms with Crippen molar-refractivity contribution >= 4 is 32.8 Å². The number of aliphatic imine (C=N–C) groups is 1. The van der Waals surface area contributed by atoms with E-state index < -0.39 is 27.1 Å². The van der Waals surface area contributed by atoms with Crippen molar-refractivity contribution in [2.45, 2.75) is 25.7 Å². The SMILES string of the molecule is CN(C)S(=O)(=O)c1cccc(Nc2c(N=C(c3ccc4c(c3)OCO4)C(C)(C)C)c(O)n(-c3ccccc3)c2O)c1O. The molecule has 4 N–H and O–H groups in total. The topological polar surface area (TPSA) is 146 Å². The van der Waals surface area contributed by atoms with Gasteiger partial charge >= 0.3 is 0 Å². The summed E-state index contributed by atoms with van der Waals surface area (Å²) in [7, 11) is -1.28. The summed E-state index contributed by atoms with van der Waals surface area (Å²) >= 11 is 0. The first-order valence-corrected chi connectivity index (χ1v) is 14.5. The van der Waals surface area contributed by atoms with Crippen LogP contribution in [0.4, 0.5) is 17.1 Å². The largest absolute Gasteiger partial charge is 0.504 e. The van der Waals surface area contributed by atoms with E-state index in [1.165, 1.54) is 36.9 Å². The van der Waals surface area contributed by atoms with E-state index in [1.54, 1.807) is 42.5 Å². The van der Waals surface area contributed by atoms with Crippen LogP contribution in [0.25, 0.3) is 5.69 Å². The molecule has 0 atom stereocenters. The number of nitrogens with zero attached hydrogens (tertiary/aromatic N) is 3. The predicted octanol–water partition coefficient (Wildman–Crippen LogP) is 5.48. The van der Waals surface area contributed by atoms with Crippen LogP contribution in [0.2, 0.25) is 0 Å². The number of fused-ring (bicyclic) bond motifs is 1. The smallest absolute Gasteiger partial charge is 0.246 e. The zero-order valence-electron chi connectivity index (χ0n) is 23.8. The van der Waals surface area contributed by atoms with Crippen LogP contribution in [0.3, 0.4) is 0 Å². The van der Waals surface area contributed by atoms with Gasteiger partial charge in [-0.05, 0) is 42.5 Å². The van der Waals surface area contributed by atoms with Crippen molar-refractivity contribution in [3.8, 4) is 34.7 Å². The number of phenolic OH excluding ortho intramolecular Hbond substituents is 1. The van der Waals surface area contributed by atoms with Crippen molar-refractivity contribution in [3.05, 3.63) is 72.3 Å². The van der Waals surface area contributed by atoms with E-state index >= 15 is 0 Å². The molecule has 42 heavy (non-hydrogen) atoms. The van der Waals surface area contributed by atoms with Crippen molar-refractivity contribution in [3.63, 3.8) is 0 Å². The average Bonchev–Trinajstić information content (AvgIpc) is 3.49. The number of sulfonamides is 1. The summed E-state index contributed by atoms with van der Waals surface area (Å²) in [6.45, 7) is 5.97. The third kappa shape index (κ3) is 5.10. The molecule has 4 aromatic rings. The van der Waals surface area contributed by atoms with Gasteiger partial charge < -0.3 is 30.1 Å². The number of benzene rings is 3. The first-order valence-electron chi connectivity index (χ1n) is 13.0. The zero-order valence-corrected chi connectivity index (χ0v) is 24.6. The van der Waals surface area contributed by atoms with Crippen LogP contribution in [0, 0.1) is 5.41 Å². The third-order valence-electron chi connectivity index (χ3n) is 6.71. The Morgan fingerprint density at radius 1 is 0.929 bits per heavy atom. The molecule has 0 saturated carbocycles. The monoisotopic (exact) mass is 592 g/mol. The van der Waals surface area contributed by atoms with E-state index in [0.717, 1.165) is 4.31 Å². The van der Waals surface area contributed by atoms with Gasteiger partial charge in [-0.15, -0.1) is 0 Å². The molecule has 1 aromatic heterocycles. The van der Waals surface area contributed by atoms with E-state index in [-0.39, 0.29) is 34.6 Å². The Balaban J connectivity index is 1.73. The average molecular weight is 593 g/mol. The summed E-state index contributed by atoms with van der Waals surface area (Å²) in [5.74, 6) is -0.176. The van der Waals surface area contributed by atoms with Crippen molar-refractivity contribution in [1.82, 2.24) is 8.87 Å². The maximum Gasteiger partial charge on any atom is 0.246 e. The maximum atomic E-state index is 12.8. The third-order valence-corrected chi connectivity index (χ3v) is 8.55. The first-order chi connectivity index (χ1) is 19.8. The van der Waals surface area contributed by atoms with Crippen LogP contribution >= 0.6 is 0 Å². The Kier molecular flexibility index (Phi) is 7.29. The number of anilines is 2. The standard InChI is InChI=1S/C30H32N4O7S/c1-30(2,3)27(18-14-15-21-22(16-18)41-17-40-21)32-25-24(28(36)34(29(25)37)19-10-7-6-8-11-19)31-20-12-9-13-23(26(20)35)42(38,39)33(4)5/h6-16,31,35-37H,17H2,1-5H3. The Morgan fingerprint density at radius 2 is 1.62 bits per heavy atom. The highest BCUT2D eigenvalue weighted by atomic mass is 32.2. The van der Waals surface area contributed by atoms with Gasteiger partial charge in [-0.2, -0.15) is 0 Å². The molecular formula is C30H32N4O7S. The molecule has 2 heterocycles. The molecule has 1 aliphatic rings. The lowest BCUT2D eigenvalue weighted by molar-refractivity contribution is 0.174. The lowest BCUT2D eigenvalue weighted by Gasteiger charge is -2.22. The summed E-state index contributed by atoms with van der Waals surface area (Å²) in [4.78, 5) is 4.55. The van der Waals surface area contributed by atoms with Crippen LogP contribution in [0.5, 0.6) is 29.0 Å². The minimum absolute atomic E-state index is 0.0183. The van der Waals surface area contributed by atoms with Gasteiger partial charge in [0.25, 0.3) is 0 Å². The van der Waals surface area contributed by atoms with Gasteiger partial charge in [-0.1, -0.05) is 45.0 Å². The first kappa shape index (κ1) is 28.8. The number of hydrogen-bond donors (Lipinski definition) is 4. The van der Waals surface area contributed by atoms with Gasteiger partial charge in [-0.25, -0.2) is 22.3 Å². The van der Waals surface area contributed by atoms with Crippen molar-refractivity contribution < 1.29 is 33.2 Å². The quantitative estimate of drug-likeness (QED) is 0.163. The number of rotatable bonds is 7. The molecule has 1 aliphatic heterocycles. The number of hydrogen-bond acceptors (Lipinski definition) is 9. The molecule has 0 amide bonds. The molecule has 0 radical (unpaired) electrons. The fourth-order valence-electron chi connectivity index (χ4n) is 4.56. The van der Waals surface area contributed by atoms with Gasteiger partial charge in [0.05, 0.1) is 17.1 Å². The van der Waals surface area contributed by atoms with Crippen LogP contribution in [0.1, 0.15) is 26.3 Å². The lowest BCUT2D eigenvalue weighted by Crippen LogP contribution is -2.22. The molecule has 0 bridgehead atoms. The van der Waals surface area contributed by atoms with Crippen LogP contribution < -0.4 is 14.8 Å². The molecule has 0 fully saturated rings. The second kappa shape index (κ2) is 10.6. The highest BCUT2D eigenvalue weighted by molar-refractivity contribution is 7.89. The number of phenols is 1. The Morgan fingerprint density at radius 3 is 2.29 bits per heavy atom. The summed E-state index contributed by atoms with van der Waals surface area (Å²) in [5, 5.41) is 36.9. The van der Waals surface area contributed by atoms with E-state index in [2.05, 4.69) is 5.32 Å². The Hall–Kier alpha value is -4.68. The summed E-state index contributed by atoms with van der Waals surface area (Å²) < 4.78 is 38.9. The number of nitrogens with one attached hydrogen (secondary N) is 1. The molecule has 0 saturated heterocycles. The Bertz CT molecular complexity index is 1790. The van der Waals surface area contributed by atoms with Crippen LogP contribution in [0.15, 0.2) is 76.6 Å². The Labute approximate surface area is 244 Å². The molecule has 0 unspecified atom stereocenters. The molecule has 3 aromatic carbocycles. The summed E-state index contributed by atoms with van der Waals surface area (Å²) in [6.07, 6.45) is 0. The molecule has 0 spiro atoms. The van der Waals surface area contributed by atoms with Crippen molar-refractivity contribution in [1.29, 1.82) is 0 Å². The van der Waals surface area contributed by atoms with E-state index in [0.29, 0.717) is 28.5 Å². The zero-order chi connectivity index (χ0) is 30.4. The fraction of sp³-hybridized carbons (Fsp3) is 0.233. The normalized spacial score (nSPS) is 13.5. The van der Waals surface area contributed by atoms with Crippen molar-refractivity contribution in [2.24, 2.45) is 10.4 Å². The molecular weight excluding hydrogens is 560 g/mol. The minimum atomic E-state index is -3.99. The molecule has 5 rings (SSSR count). The molecule has 220 valence electrons. The van der Waals surface area contributed by atoms with Crippen molar-refractivity contribution in [2.75, 3.05) is 26.2 Å². The molecule has 12 heteroatoms. The van der Waals surface area contributed by atoms with Gasteiger partial charge in [0.1, 0.15) is 10.6 Å². The number of aromatic nitrogens is 1. The van der Waals surface area contributed by atoms with E-state index in [1.807, 2.05) is 26.8 Å². The van der Waals surface area contributed by atoms with Gasteiger partial charge in [-0.3, -0.25) is 0 Å². The van der Waals surface area contributed by atoms with Gasteiger partial charge in [0.2, 0.25) is 28.6 Å². The highest BCUT2D eigenvalue weighted by Gasteiger charge is 2.30. The number of ether oxygens (including phenoxy) is 2. The fourth-order valence-corrected chi connectivity index (χ4v) is 5.56. The van der Waals surface area contributed by atoms with Gasteiger partial charge in [0.15, 0.2) is 22.9 Å². The predicted molar refractivity (Wildman–Crippen MR) is 160 cm³/mol. The summed E-state index contributed by atoms with van der Waals surface area (Å²) in [5.41, 5.74) is 1.06. The highest BCUT2D eigenvalue weighted by Crippen LogP contribution is 2.50. The molecule has 0 aliphatic carbocycles. The number of para-hydroxylation sites is 2. The van der Waals surface area contributed by atoms with E-state index in [9.17, 15) is 23.7 Å². The van der Waals surface area contributed by atoms with Gasteiger partial charge in [0, 0.05) is 25.1 Å². The second-order valence-corrected chi connectivity index (χ2v) is 13.0. The second-order valence-electron chi connectivity index (χ2n) is 10.9. The lowest BCUT2D eigenvalue weighted by atomic mass is 9.85.